The maximum atomic E-state index is 4.55. The van der Waals surface area contributed by atoms with Crippen LogP contribution >= 0.6 is 0 Å². The maximum absolute atomic E-state index is 4.55. The normalized spacial score (nSPS) is 11.5. The Morgan fingerprint density at radius 2 is 1.84 bits per heavy atom. The number of hydrogen-bond donors (Lipinski definition) is 2. The van der Waals surface area contributed by atoms with Crippen molar-refractivity contribution >= 4 is 22.1 Å². The number of aromatic nitrogens is 8. The lowest BCUT2D eigenvalue weighted by Gasteiger charge is -2.04. The van der Waals surface area contributed by atoms with E-state index in [0.717, 1.165) is 56.1 Å². The van der Waals surface area contributed by atoms with Crippen LogP contribution < -0.4 is 0 Å². The van der Waals surface area contributed by atoms with Crippen molar-refractivity contribution in [2.75, 3.05) is 0 Å². The Balaban J connectivity index is 1.52. The van der Waals surface area contributed by atoms with Crippen LogP contribution in [0.1, 0.15) is 5.82 Å². The molecule has 0 amide bonds. The van der Waals surface area contributed by atoms with Gasteiger partial charge in [0, 0.05) is 47.5 Å². The maximum Gasteiger partial charge on any atom is 0.181 e. The fourth-order valence-electron chi connectivity index (χ4n) is 3.92. The number of imidazole rings is 1. The Morgan fingerprint density at radius 3 is 2.65 bits per heavy atom. The number of aryl methyl sites for hydroxylation is 1. The molecule has 0 spiro atoms. The number of fused-ring (bicyclic) bond motifs is 2. The first-order valence-corrected chi connectivity index (χ1v) is 9.91. The summed E-state index contributed by atoms with van der Waals surface area (Å²) in [7, 11) is 2.00. The first kappa shape index (κ1) is 17.5. The van der Waals surface area contributed by atoms with Crippen LogP contribution in [0.5, 0.6) is 0 Å². The highest BCUT2D eigenvalue weighted by atomic mass is 15.2. The molecule has 0 unspecified atom stereocenters. The molecule has 0 radical (unpaired) electrons. The molecule has 0 aliphatic rings. The molecule has 2 N–H and O–H groups in total. The Labute approximate surface area is 177 Å². The molecule has 0 aliphatic carbocycles. The van der Waals surface area contributed by atoms with Gasteiger partial charge in [-0.2, -0.15) is 5.10 Å². The summed E-state index contributed by atoms with van der Waals surface area (Å²) in [5, 5.41) is 9.47. The zero-order valence-corrected chi connectivity index (χ0v) is 17.0. The van der Waals surface area contributed by atoms with Crippen LogP contribution in [0.3, 0.4) is 0 Å². The average Bonchev–Trinajstić information content (AvgIpc) is 3.50. The van der Waals surface area contributed by atoms with Crippen LogP contribution in [-0.2, 0) is 7.05 Å². The molecule has 6 heterocycles. The van der Waals surface area contributed by atoms with Crippen LogP contribution in [0.15, 0.2) is 61.2 Å². The third-order valence-electron chi connectivity index (χ3n) is 5.67. The van der Waals surface area contributed by atoms with Crippen LogP contribution in [0.2, 0.25) is 0 Å². The van der Waals surface area contributed by atoms with Gasteiger partial charge in [0.1, 0.15) is 11.5 Å². The molecule has 0 fully saturated rings. The van der Waals surface area contributed by atoms with Crippen molar-refractivity contribution in [1.82, 2.24) is 39.7 Å². The number of pyridine rings is 3. The molecular weight excluding hydrogens is 388 g/mol. The topological polar surface area (TPSA) is 101 Å². The number of rotatable bonds is 3. The molecule has 0 bridgehead atoms. The van der Waals surface area contributed by atoms with E-state index in [4.69, 9.17) is 0 Å². The summed E-state index contributed by atoms with van der Waals surface area (Å²) in [4.78, 5) is 21.4. The summed E-state index contributed by atoms with van der Waals surface area (Å²) in [5.74, 6) is 0.950. The van der Waals surface area contributed by atoms with Crippen LogP contribution in [0.4, 0.5) is 0 Å². The zero-order chi connectivity index (χ0) is 20.9. The van der Waals surface area contributed by atoms with E-state index in [0.29, 0.717) is 5.65 Å². The van der Waals surface area contributed by atoms with Gasteiger partial charge in [0.15, 0.2) is 5.65 Å². The lowest BCUT2D eigenvalue weighted by atomic mass is 10.1. The van der Waals surface area contributed by atoms with Crippen molar-refractivity contribution in [1.29, 1.82) is 0 Å². The van der Waals surface area contributed by atoms with E-state index >= 15 is 0 Å². The third-order valence-corrected chi connectivity index (χ3v) is 5.67. The van der Waals surface area contributed by atoms with Gasteiger partial charge >= 0.3 is 0 Å². The number of nitrogens with zero attached hydrogens (tertiary/aromatic N) is 6. The van der Waals surface area contributed by atoms with Gasteiger partial charge in [-0.25, -0.2) is 15.0 Å². The van der Waals surface area contributed by atoms with Crippen molar-refractivity contribution in [2.24, 2.45) is 7.05 Å². The van der Waals surface area contributed by atoms with Gasteiger partial charge < -0.3 is 9.55 Å². The van der Waals surface area contributed by atoms with E-state index in [1.807, 2.05) is 50.6 Å². The summed E-state index contributed by atoms with van der Waals surface area (Å²) in [6.07, 6.45) is 7.28. The van der Waals surface area contributed by atoms with Gasteiger partial charge in [0.2, 0.25) is 0 Å². The standard InChI is InChI=1S/C23H18N8/c1-13-26-12-20(31(13)2)14-9-17-21(29-30-23(17)27-11-14)19-10-16-15(6-8-25-22(16)28-19)18-5-3-4-7-24-18/h3-12H,1-2H3,(H,25,28)(H,27,29,30). The predicted molar refractivity (Wildman–Crippen MR) is 119 cm³/mol. The number of hydrogen-bond acceptors (Lipinski definition) is 5. The minimum atomic E-state index is 0.661. The van der Waals surface area contributed by atoms with Crippen LogP contribution in [0, 0.1) is 6.92 Å². The van der Waals surface area contributed by atoms with Crippen molar-refractivity contribution in [2.45, 2.75) is 6.92 Å². The van der Waals surface area contributed by atoms with E-state index in [-0.39, 0.29) is 0 Å². The summed E-state index contributed by atoms with van der Waals surface area (Å²) in [6.45, 7) is 1.98. The number of aromatic amines is 2. The highest BCUT2D eigenvalue weighted by Gasteiger charge is 2.16. The lowest BCUT2D eigenvalue weighted by Crippen LogP contribution is -1.94. The molecule has 8 heteroatoms. The molecule has 150 valence electrons. The molecule has 6 rings (SSSR count). The summed E-state index contributed by atoms with van der Waals surface area (Å²) in [5.41, 5.74) is 7.16. The van der Waals surface area contributed by atoms with Gasteiger partial charge in [-0.3, -0.25) is 10.1 Å². The van der Waals surface area contributed by atoms with Crippen molar-refractivity contribution < 1.29 is 0 Å². The molecule has 0 aliphatic heterocycles. The Morgan fingerprint density at radius 1 is 0.903 bits per heavy atom. The molecule has 0 aromatic carbocycles. The quantitative estimate of drug-likeness (QED) is 0.457. The molecule has 0 atom stereocenters. The Kier molecular flexibility index (Phi) is 3.73. The molecular formula is C23H18N8. The summed E-state index contributed by atoms with van der Waals surface area (Å²) < 4.78 is 2.05. The third kappa shape index (κ3) is 2.72. The SMILES string of the molecule is Cc1ncc(-c2cnc3n[nH]c(-c4cc5c(-c6ccccn6)ccnc5[nH]4)c3c2)n1C. The summed E-state index contributed by atoms with van der Waals surface area (Å²) >= 11 is 0. The van der Waals surface area contributed by atoms with Gasteiger partial charge in [0.25, 0.3) is 0 Å². The van der Waals surface area contributed by atoms with E-state index in [9.17, 15) is 0 Å². The van der Waals surface area contributed by atoms with Crippen molar-refractivity contribution in [3.8, 4) is 33.9 Å². The predicted octanol–water partition coefficient (Wildman–Crippen LogP) is 4.27. The molecule has 0 saturated carbocycles. The molecule has 0 saturated heterocycles. The van der Waals surface area contributed by atoms with Gasteiger partial charge in [-0.15, -0.1) is 0 Å². The molecule has 6 aromatic heterocycles. The zero-order valence-electron chi connectivity index (χ0n) is 17.0. The second-order valence-electron chi connectivity index (χ2n) is 7.46. The van der Waals surface area contributed by atoms with E-state index in [2.05, 4.69) is 51.8 Å². The minimum Gasteiger partial charge on any atom is -0.338 e. The first-order chi connectivity index (χ1) is 15.2. The van der Waals surface area contributed by atoms with Crippen LogP contribution in [-0.4, -0.2) is 39.7 Å². The first-order valence-electron chi connectivity index (χ1n) is 9.91. The highest BCUT2D eigenvalue weighted by Crippen LogP contribution is 2.33. The molecule has 31 heavy (non-hydrogen) atoms. The minimum absolute atomic E-state index is 0.661. The largest absolute Gasteiger partial charge is 0.338 e. The smallest absolute Gasteiger partial charge is 0.181 e. The number of H-pyrrole nitrogens is 2. The monoisotopic (exact) mass is 406 g/mol. The lowest BCUT2D eigenvalue weighted by molar-refractivity contribution is 0.865. The second-order valence-corrected chi connectivity index (χ2v) is 7.46. The van der Waals surface area contributed by atoms with E-state index < -0.39 is 0 Å². The summed E-state index contributed by atoms with van der Waals surface area (Å²) in [6, 6.07) is 12.1. The number of nitrogens with one attached hydrogen (secondary N) is 2. The Hall–Kier alpha value is -4.33. The Bertz CT molecular complexity index is 1560. The van der Waals surface area contributed by atoms with Crippen molar-refractivity contribution in [3.05, 3.63) is 67.0 Å². The highest BCUT2D eigenvalue weighted by molar-refractivity contribution is 5.99. The average molecular weight is 406 g/mol. The van der Waals surface area contributed by atoms with E-state index in [1.54, 1.807) is 12.4 Å². The van der Waals surface area contributed by atoms with Crippen molar-refractivity contribution in [3.63, 3.8) is 0 Å². The fourth-order valence-corrected chi connectivity index (χ4v) is 3.92. The van der Waals surface area contributed by atoms with Gasteiger partial charge in [0.05, 0.1) is 29.0 Å². The van der Waals surface area contributed by atoms with Gasteiger partial charge in [-0.1, -0.05) is 6.07 Å². The van der Waals surface area contributed by atoms with Crippen LogP contribution in [0.25, 0.3) is 56.0 Å². The van der Waals surface area contributed by atoms with E-state index in [1.165, 1.54) is 0 Å². The molecule has 8 nitrogen and oxygen atoms in total. The fraction of sp³-hybridized carbons (Fsp3) is 0.0870. The molecule has 6 aromatic rings. The second kappa shape index (κ2) is 6.60. The van der Waals surface area contributed by atoms with Gasteiger partial charge in [-0.05, 0) is 37.3 Å².